The third-order valence-electron chi connectivity index (χ3n) is 4.67. The molecular weight excluding hydrogens is 366 g/mol. The highest BCUT2D eigenvalue weighted by Gasteiger charge is 2.19. The van der Waals surface area contributed by atoms with E-state index in [9.17, 15) is 10.1 Å². The monoisotopic (exact) mass is 391 g/mol. The zero-order chi connectivity index (χ0) is 20.8. The van der Waals surface area contributed by atoms with E-state index in [0.717, 1.165) is 47.3 Å². The van der Waals surface area contributed by atoms with Gasteiger partial charge in [0.2, 0.25) is 0 Å². The molecule has 0 fully saturated rings. The molecule has 0 aliphatic heterocycles. The Morgan fingerprint density at radius 1 is 1.14 bits per heavy atom. The lowest BCUT2D eigenvalue weighted by molar-refractivity contribution is 0.161. The van der Waals surface area contributed by atoms with Gasteiger partial charge in [0.25, 0.3) is 0 Å². The molecule has 3 rings (SSSR count). The van der Waals surface area contributed by atoms with E-state index >= 15 is 0 Å². The zero-order valence-corrected chi connectivity index (χ0v) is 17.0. The molecule has 0 aliphatic carbocycles. The molecule has 0 radical (unpaired) electrons. The Kier molecular flexibility index (Phi) is 6.40. The largest absolute Gasteiger partial charge is 0.497 e. The van der Waals surface area contributed by atoms with Gasteiger partial charge in [0.1, 0.15) is 11.8 Å². The highest BCUT2D eigenvalue weighted by Crippen LogP contribution is 2.36. The van der Waals surface area contributed by atoms with Crippen LogP contribution in [0.5, 0.6) is 5.75 Å². The Labute approximate surface area is 170 Å². The number of nitrogens with one attached hydrogen (secondary N) is 1. The molecular formula is C23H25N3O3. The third kappa shape index (κ3) is 4.19. The minimum Gasteiger partial charge on any atom is -0.497 e. The van der Waals surface area contributed by atoms with Gasteiger partial charge in [0.15, 0.2) is 0 Å². The Balaban J connectivity index is 2.03. The van der Waals surface area contributed by atoms with Crippen molar-refractivity contribution in [2.45, 2.75) is 33.2 Å². The molecule has 6 nitrogen and oxygen atoms in total. The van der Waals surface area contributed by atoms with Gasteiger partial charge in [-0.15, -0.1) is 0 Å². The molecule has 1 N–H and O–H groups in total. The number of anilines is 1. The van der Waals surface area contributed by atoms with Crippen LogP contribution in [-0.2, 0) is 11.3 Å². The van der Waals surface area contributed by atoms with Gasteiger partial charge in [-0.05, 0) is 42.7 Å². The maximum Gasteiger partial charge on any atom is 0.411 e. The van der Waals surface area contributed by atoms with E-state index in [0.29, 0.717) is 17.9 Å². The lowest BCUT2D eigenvalue weighted by atomic mass is 10.1. The van der Waals surface area contributed by atoms with Gasteiger partial charge < -0.3 is 14.0 Å². The van der Waals surface area contributed by atoms with Crippen LogP contribution in [0, 0.1) is 11.3 Å². The van der Waals surface area contributed by atoms with Crippen LogP contribution in [-0.4, -0.2) is 24.4 Å². The summed E-state index contributed by atoms with van der Waals surface area (Å²) < 4.78 is 12.6. The fourth-order valence-corrected chi connectivity index (χ4v) is 3.39. The molecule has 6 heteroatoms. The van der Waals surface area contributed by atoms with E-state index in [1.807, 2.05) is 49.4 Å². The van der Waals surface area contributed by atoms with Gasteiger partial charge in [0.05, 0.1) is 30.5 Å². The Morgan fingerprint density at radius 2 is 1.90 bits per heavy atom. The number of carbonyl (C=O) groups excluding carboxylic acids is 1. The van der Waals surface area contributed by atoms with Crippen LogP contribution in [0.2, 0.25) is 0 Å². The van der Waals surface area contributed by atoms with E-state index in [4.69, 9.17) is 9.47 Å². The minimum atomic E-state index is -0.468. The molecule has 3 aromatic rings. The van der Waals surface area contributed by atoms with E-state index < -0.39 is 6.09 Å². The molecule has 1 aromatic heterocycles. The number of carbonyl (C=O) groups is 1. The molecule has 1 heterocycles. The number of aromatic nitrogens is 1. The third-order valence-corrected chi connectivity index (χ3v) is 4.67. The number of aryl methyl sites for hydroxylation is 1. The molecule has 0 saturated heterocycles. The second-order valence-corrected chi connectivity index (χ2v) is 6.71. The van der Waals surface area contributed by atoms with E-state index in [1.54, 1.807) is 7.11 Å². The lowest BCUT2D eigenvalue weighted by Crippen LogP contribution is -2.13. The average molecular weight is 391 g/mol. The number of rotatable bonds is 7. The topological polar surface area (TPSA) is 76.3 Å². The number of fused-ring (bicyclic) bond motifs is 1. The fraction of sp³-hybridized carbons (Fsp3) is 0.304. The molecule has 150 valence electrons. The maximum atomic E-state index is 11.8. The summed E-state index contributed by atoms with van der Waals surface area (Å²) in [5.74, 6) is 0.758. The van der Waals surface area contributed by atoms with Crippen LogP contribution in [0.3, 0.4) is 0 Å². The van der Waals surface area contributed by atoms with Crippen molar-refractivity contribution in [3.05, 3.63) is 48.0 Å². The molecule has 0 aliphatic rings. The predicted molar refractivity (Wildman–Crippen MR) is 114 cm³/mol. The van der Waals surface area contributed by atoms with Gasteiger partial charge >= 0.3 is 6.09 Å². The maximum absolute atomic E-state index is 11.8. The highest BCUT2D eigenvalue weighted by molar-refractivity contribution is 5.95. The SMILES string of the molecule is CCCOC(=O)Nc1ccc(-c2c(C#N)c3ccc(OC)cc3n2CCC)cc1. The van der Waals surface area contributed by atoms with Crippen LogP contribution in [0.25, 0.3) is 22.2 Å². The van der Waals surface area contributed by atoms with E-state index in [1.165, 1.54) is 0 Å². The van der Waals surface area contributed by atoms with Crippen LogP contribution < -0.4 is 10.1 Å². The lowest BCUT2D eigenvalue weighted by Gasteiger charge is -2.12. The number of methoxy groups -OCH3 is 1. The summed E-state index contributed by atoms with van der Waals surface area (Å²) in [5.41, 5.74) is 4.05. The van der Waals surface area contributed by atoms with Crippen molar-refractivity contribution in [1.29, 1.82) is 5.26 Å². The molecule has 0 unspecified atom stereocenters. The van der Waals surface area contributed by atoms with Crippen molar-refractivity contribution in [2.75, 3.05) is 19.0 Å². The first-order chi connectivity index (χ1) is 14.1. The molecule has 0 spiro atoms. The standard InChI is InChI=1S/C23H25N3O3/c1-4-12-26-21-14-18(28-3)10-11-19(21)20(15-24)22(26)16-6-8-17(9-7-16)25-23(27)29-13-5-2/h6-11,14H,4-5,12-13H2,1-3H3,(H,25,27). The summed E-state index contributed by atoms with van der Waals surface area (Å²) in [5, 5.41) is 13.5. The number of nitriles is 1. The first-order valence-corrected chi connectivity index (χ1v) is 9.77. The fourth-order valence-electron chi connectivity index (χ4n) is 3.39. The summed E-state index contributed by atoms with van der Waals surface area (Å²) >= 11 is 0. The molecule has 2 aromatic carbocycles. The summed E-state index contributed by atoms with van der Waals surface area (Å²) in [4.78, 5) is 11.8. The summed E-state index contributed by atoms with van der Waals surface area (Å²) in [7, 11) is 1.64. The number of benzene rings is 2. The van der Waals surface area contributed by atoms with Gasteiger partial charge in [-0.2, -0.15) is 5.26 Å². The van der Waals surface area contributed by atoms with Crippen molar-refractivity contribution < 1.29 is 14.3 Å². The van der Waals surface area contributed by atoms with E-state index in [-0.39, 0.29) is 0 Å². The zero-order valence-electron chi connectivity index (χ0n) is 17.0. The minimum absolute atomic E-state index is 0.385. The van der Waals surface area contributed by atoms with Crippen molar-refractivity contribution >= 4 is 22.7 Å². The predicted octanol–water partition coefficient (Wildman–Crippen LogP) is 5.56. The second-order valence-electron chi connectivity index (χ2n) is 6.71. The second kappa shape index (κ2) is 9.16. The molecule has 29 heavy (non-hydrogen) atoms. The first kappa shape index (κ1) is 20.3. The van der Waals surface area contributed by atoms with E-state index in [2.05, 4.69) is 22.9 Å². The molecule has 0 saturated carbocycles. The molecule has 1 amide bonds. The van der Waals surface area contributed by atoms with Gasteiger partial charge in [-0.25, -0.2) is 4.79 Å². The Hall–Kier alpha value is -3.46. The number of nitrogens with zero attached hydrogens (tertiary/aromatic N) is 2. The summed E-state index contributed by atoms with van der Waals surface area (Å²) in [6.45, 7) is 5.22. The van der Waals surface area contributed by atoms with Crippen LogP contribution in [0.1, 0.15) is 32.3 Å². The Bertz CT molecular complexity index is 1050. The smallest absolute Gasteiger partial charge is 0.411 e. The normalized spacial score (nSPS) is 10.6. The van der Waals surface area contributed by atoms with Crippen molar-refractivity contribution in [2.24, 2.45) is 0 Å². The summed E-state index contributed by atoms with van der Waals surface area (Å²) in [6, 6.07) is 15.6. The quantitative estimate of drug-likeness (QED) is 0.572. The number of ether oxygens (including phenoxy) is 2. The summed E-state index contributed by atoms with van der Waals surface area (Å²) in [6.07, 6.45) is 1.24. The highest BCUT2D eigenvalue weighted by atomic mass is 16.5. The van der Waals surface area contributed by atoms with Gasteiger partial charge in [-0.1, -0.05) is 26.0 Å². The van der Waals surface area contributed by atoms with Crippen molar-refractivity contribution in [1.82, 2.24) is 4.57 Å². The van der Waals surface area contributed by atoms with Gasteiger partial charge in [-0.3, -0.25) is 5.32 Å². The molecule has 0 bridgehead atoms. The number of amides is 1. The van der Waals surface area contributed by atoms with Crippen LogP contribution in [0.15, 0.2) is 42.5 Å². The average Bonchev–Trinajstić information content (AvgIpc) is 3.05. The molecule has 0 atom stereocenters. The van der Waals surface area contributed by atoms with Crippen LogP contribution in [0.4, 0.5) is 10.5 Å². The van der Waals surface area contributed by atoms with Gasteiger partial charge in [0, 0.05) is 23.7 Å². The van der Waals surface area contributed by atoms with Crippen molar-refractivity contribution in [3.8, 4) is 23.1 Å². The number of hydrogen-bond acceptors (Lipinski definition) is 4. The van der Waals surface area contributed by atoms with Crippen LogP contribution >= 0.6 is 0 Å². The first-order valence-electron chi connectivity index (χ1n) is 9.77. The Morgan fingerprint density at radius 3 is 2.52 bits per heavy atom. The number of hydrogen-bond donors (Lipinski definition) is 1. The van der Waals surface area contributed by atoms with Crippen molar-refractivity contribution in [3.63, 3.8) is 0 Å².